The molecule has 2 aliphatic rings. The lowest BCUT2D eigenvalue weighted by Crippen LogP contribution is -2.61. The summed E-state index contributed by atoms with van der Waals surface area (Å²) in [6.45, 7) is -0.00900. The number of ether oxygens (including phenoxy) is 7. The van der Waals surface area contributed by atoms with Crippen LogP contribution in [0.1, 0.15) is 16.7 Å². The van der Waals surface area contributed by atoms with Crippen LogP contribution in [-0.2, 0) is 53.0 Å². The molecule has 5 rings (SSSR count). The minimum atomic E-state index is -1.46. The molecule has 2 heterocycles. The van der Waals surface area contributed by atoms with Crippen LogP contribution in [0.5, 0.6) is 0 Å². The van der Waals surface area contributed by atoms with Gasteiger partial charge in [-0.05, 0) is 16.7 Å². The fourth-order valence-electron chi connectivity index (χ4n) is 5.49. The summed E-state index contributed by atoms with van der Waals surface area (Å²) in [5, 5.41) is 40.3. The second kappa shape index (κ2) is 16.7. The molecule has 0 saturated carbocycles. The van der Waals surface area contributed by atoms with Crippen molar-refractivity contribution in [3.8, 4) is 0 Å². The van der Waals surface area contributed by atoms with Crippen LogP contribution in [0.2, 0.25) is 0 Å². The van der Waals surface area contributed by atoms with Gasteiger partial charge in [-0.25, -0.2) is 0 Å². The Balaban J connectivity index is 1.39. The van der Waals surface area contributed by atoms with E-state index in [1.54, 1.807) is 0 Å². The molecule has 0 bridgehead atoms. The Labute approximate surface area is 262 Å². The number of methoxy groups -OCH3 is 1. The highest BCUT2D eigenvalue weighted by atomic mass is 16.7. The number of aliphatic hydroxyl groups is 4. The average Bonchev–Trinajstić information content (AvgIpc) is 3.38. The van der Waals surface area contributed by atoms with E-state index < -0.39 is 68.0 Å². The van der Waals surface area contributed by atoms with Gasteiger partial charge >= 0.3 is 0 Å². The van der Waals surface area contributed by atoms with Gasteiger partial charge in [-0.1, -0.05) is 91.0 Å². The lowest BCUT2D eigenvalue weighted by Gasteiger charge is -2.45. The van der Waals surface area contributed by atoms with Crippen molar-refractivity contribution in [1.29, 1.82) is 0 Å². The maximum absolute atomic E-state index is 10.6. The summed E-state index contributed by atoms with van der Waals surface area (Å²) in [5.74, 6) is 0. The Morgan fingerprint density at radius 1 is 0.622 bits per heavy atom. The van der Waals surface area contributed by atoms with Crippen molar-refractivity contribution in [2.75, 3.05) is 20.3 Å². The van der Waals surface area contributed by atoms with Crippen LogP contribution in [0, 0.1) is 0 Å². The Hall–Kier alpha value is -2.78. The van der Waals surface area contributed by atoms with E-state index in [0.29, 0.717) is 0 Å². The zero-order valence-corrected chi connectivity index (χ0v) is 25.1. The summed E-state index contributed by atoms with van der Waals surface area (Å²) in [6, 6.07) is 29.2. The maximum Gasteiger partial charge on any atom is 0.186 e. The number of benzene rings is 3. The highest BCUT2D eigenvalue weighted by Crippen LogP contribution is 2.32. The number of aliphatic hydroxyl groups excluding tert-OH is 4. The fraction of sp³-hybridized carbons (Fsp3) is 0.471. The van der Waals surface area contributed by atoms with Crippen molar-refractivity contribution < 1.29 is 53.6 Å². The van der Waals surface area contributed by atoms with E-state index in [-0.39, 0.29) is 26.4 Å². The van der Waals surface area contributed by atoms with Crippen LogP contribution in [-0.4, -0.2) is 102 Å². The van der Waals surface area contributed by atoms with Crippen molar-refractivity contribution in [3.63, 3.8) is 0 Å². The summed E-state index contributed by atoms with van der Waals surface area (Å²) in [7, 11) is 1.52. The van der Waals surface area contributed by atoms with Crippen LogP contribution in [0.25, 0.3) is 0 Å². The molecule has 4 N–H and O–H groups in total. The van der Waals surface area contributed by atoms with Gasteiger partial charge in [0.2, 0.25) is 0 Å². The second-order valence-corrected chi connectivity index (χ2v) is 11.1. The largest absolute Gasteiger partial charge is 0.394 e. The van der Waals surface area contributed by atoms with Crippen molar-refractivity contribution in [2.24, 2.45) is 0 Å². The molecule has 0 amide bonds. The van der Waals surface area contributed by atoms with Crippen molar-refractivity contribution in [1.82, 2.24) is 0 Å². The van der Waals surface area contributed by atoms with Gasteiger partial charge in [0.25, 0.3) is 0 Å². The molecule has 45 heavy (non-hydrogen) atoms. The Kier molecular flexibility index (Phi) is 12.4. The topological polar surface area (TPSA) is 146 Å². The Bertz CT molecular complexity index is 1250. The number of hydrogen-bond donors (Lipinski definition) is 4. The Morgan fingerprint density at radius 2 is 1.11 bits per heavy atom. The van der Waals surface area contributed by atoms with E-state index in [9.17, 15) is 20.4 Å². The summed E-state index contributed by atoms with van der Waals surface area (Å²) in [4.78, 5) is 0. The molecule has 11 heteroatoms. The summed E-state index contributed by atoms with van der Waals surface area (Å²) >= 11 is 0. The van der Waals surface area contributed by atoms with E-state index in [1.807, 2.05) is 91.0 Å². The van der Waals surface area contributed by atoms with Gasteiger partial charge in [0.05, 0.1) is 33.0 Å². The first-order valence-corrected chi connectivity index (χ1v) is 15.1. The normalized spacial score (nSPS) is 30.7. The predicted octanol–water partition coefficient (Wildman–Crippen LogP) is 1.93. The maximum atomic E-state index is 10.6. The molecule has 2 saturated heterocycles. The third kappa shape index (κ3) is 8.73. The van der Waals surface area contributed by atoms with Gasteiger partial charge in [-0.2, -0.15) is 0 Å². The molecule has 2 fully saturated rings. The van der Waals surface area contributed by atoms with E-state index in [0.717, 1.165) is 16.7 Å². The molecule has 2 aliphatic heterocycles. The first-order valence-electron chi connectivity index (χ1n) is 15.1. The van der Waals surface area contributed by atoms with Gasteiger partial charge in [0, 0.05) is 7.11 Å². The first-order chi connectivity index (χ1) is 22.0. The van der Waals surface area contributed by atoms with Crippen LogP contribution in [0.4, 0.5) is 0 Å². The molecule has 0 radical (unpaired) electrons. The molecule has 0 unspecified atom stereocenters. The second-order valence-electron chi connectivity index (χ2n) is 11.1. The third-order valence-electron chi connectivity index (χ3n) is 7.93. The highest BCUT2D eigenvalue weighted by molar-refractivity contribution is 5.15. The molecule has 3 aromatic rings. The van der Waals surface area contributed by atoms with Crippen molar-refractivity contribution >= 4 is 0 Å². The zero-order chi connectivity index (χ0) is 31.6. The van der Waals surface area contributed by atoms with E-state index in [1.165, 1.54) is 7.11 Å². The van der Waals surface area contributed by atoms with Gasteiger partial charge in [0.15, 0.2) is 12.6 Å². The summed E-state index contributed by atoms with van der Waals surface area (Å²) in [6.07, 6.45) is -10.6. The van der Waals surface area contributed by atoms with Crippen LogP contribution in [0.3, 0.4) is 0 Å². The molecule has 0 aliphatic carbocycles. The lowest BCUT2D eigenvalue weighted by atomic mass is 9.97. The smallest absolute Gasteiger partial charge is 0.186 e. The summed E-state index contributed by atoms with van der Waals surface area (Å²) < 4.78 is 43.1. The zero-order valence-electron chi connectivity index (χ0n) is 25.1. The highest BCUT2D eigenvalue weighted by Gasteiger charge is 2.51. The van der Waals surface area contributed by atoms with Gasteiger partial charge < -0.3 is 53.6 Å². The van der Waals surface area contributed by atoms with Crippen molar-refractivity contribution in [2.45, 2.75) is 81.2 Å². The standard InChI is InChI=1S/C34H42O11/c1-39-34-32(42-20-24-15-9-4-10-16-24)31(41-19-23-13-7-3-8-14-23)30(40-18-22-11-5-2-6-12-22)26(44-34)21-43-33-28(38)27(37)29(45-33)25(36)17-35/h2-16,25-38H,17-21H2,1H3/t25-,26-,27-,28-,29+,30-,31+,32-,33-,34+/m1/s1. The molecule has 11 nitrogen and oxygen atoms in total. The first kappa shape index (κ1) is 33.6. The number of hydrogen-bond acceptors (Lipinski definition) is 11. The molecular weight excluding hydrogens is 584 g/mol. The molecule has 10 atom stereocenters. The number of rotatable bonds is 15. The molecule has 0 aromatic heterocycles. The lowest BCUT2D eigenvalue weighted by molar-refractivity contribution is -0.328. The molecule has 0 spiro atoms. The van der Waals surface area contributed by atoms with Crippen molar-refractivity contribution in [3.05, 3.63) is 108 Å². The van der Waals surface area contributed by atoms with Gasteiger partial charge in [-0.15, -0.1) is 0 Å². The minimum absolute atomic E-state index is 0.147. The van der Waals surface area contributed by atoms with Gasteiger partial charge in [-0.3, -0.25) is 0 Å². The molecule has 244 valence electrons. The fourth-order valence-corrected chi connectivity index (χ4v) is 5.49. The van der Waals surface area contributed by atoms with Crippen LogP contribution in [0.15, 0.2) is 91.0 Å². The Morgan fingerprint density at radius 3 is 1.60 bits per heavy atom. The quantitative estimate of drug-likeness (QED) is 0.196. The van der Waals surface area contributed by atoms with E-state index in [2.05, 4.69) is 0 Å². The third-order valence-corrected chi connectivity index (χ3v) is 7.93. The van der Waals surface area contributed by atoms with Gasteiger partial charge in [0.1, 0.15) is 48.8 Å². The molecule has 3 aromatic carbocycles. The predicted molar refractivity (Wildman–Crippen MR) is 160 cm³/mol. The monoisotopic (exact) mass is 626 g/mol. The van der Waals surface area contributed by atoms with Crippen LogP contribution < -0.4 is 0 Å². The average molecular weight is 627 g/mol. The van der Waals surface area contributed by atoms with E-state index >= 15 is 0 Å². The minimum Gasteiger partial charge on any atom is -0.394 e. The van der Waals surface area contributed by atoms with E-state index in [4.69, 9.17) is 33.2 Å². The van der Waals surface area contributed by atoms with Crippen LogP contribution >= 0.6 is 0 Å². The summed E-state index contributed by atoms with van der Waals surface area (Å²) in [5.41, 5.74) is 2.86. The molecular formula is C34H42O11. The SMILES string of the molecule is CO[C@H]1O[C@H](CO[C@@H]2O[C@@H]([C@H](O)CO)[C@H](O)[C@H]2O)[C@@H](OCc2ccccc2)[C@H](OCc2ccccc2)[C@H]1OCc1ccccc1.